The number of carbonyl (C=O) groups is 1. The molecule has 1 aromatic carbocycles. The van der Waals surface area contributed by atoms with Gasteiger partial charge in [0.05, 0.1) is 31.0 Å². The van der Waals surface area contributed by atoms with E-state index >= 15 is 0 Å². The molecule has 0 radical (unpaired) electrons. The Bertz CT molecular complexity index is 1340. The topological polar surface area (TPSA) is 83.3 Å². The van der Waals surface area contributed by atoms with Gasteiger partial charge in [0, 0.05) is 23.8 Å². The molecule has 1 atom stereocenters. The van der Waals surface area contributed by atoms with Crippen LogP contribution in [0.3, 0.4) is 0 Å². The predicted molar refractivity (Wildman–Crippen MR) is 126 cm³/mol. The van der Waals surface area contributed by atoms with Crippen LogP contribution in [0.15, 0.2) is 52.5 Å². The van der Waals surface area contributed by atoms with Crippen LogP contribution in [0.5, 0.6) is 5.75 Å². The average molecular weight is 468 g/mol. The third kappa shape index (κ3) is 4.03. The lowest BCUT2D eigenvalue weighted by Gasteiger charge is -2.15. The smallest absolute Gasteiger partial charge is 0.272 e. The molecule has 4 heterocycles. The molecule has 1 saturated heterocycles. The van der Waals surface area contributed by atoms with Crippen molar-refractivity contribution in [1.29, 1.82) is 0 Å². The molecule has 3 aromatic heterocycles. The SMILES string of the molecule is COc1ccc(C(=O)CSc2nc3c(sc4ncccc43)c(=O)n2C[C@@H]2CCCO2)cc1. The number of pyridine rings is 1. The van der Waals surface area contributed by atoms with Crippen molar-refractivity contribution < 1.29 is 14.3 Å². The molecule has 164 valence electrons. The van der Waals surface area contributed by atoms with Crippen LogP contribution in [0.2, 0.25) is 0 Å². The highest BCUT2D eigenvalue weighted by molar-refractivity contribution is 7.99. The molecule has 1 aliphatic rings. The van der Waals surface area contributed by atoms with Crippen LogP contribution in [0.1, 0.15) is 23.2 Å². The van der Waals surface area contributed by atoms with E-state index in [1.807, 2.05) is 12.1 Å². The van der Waals surface area contributed by atoms with E-state index in [0.29, 0.717) is 39.8 Å². The minimum absolute atomic E-state index is 0.0175. The Morgan fingerprint density at radius 1 is 1.31 bits per heavy atom. The van der Waals surface area contributed by atoms with Gasteiger partial charge in [0.1, 0.15) is 15.3 Å². The Balaban J connectivity index is 1.50. The minimum atomic E-state index is -0.104. The largest absolute Gasteiger partial charge is 0.497 e. The molecule has 4 aromatic rings. The van der Waals surface area contributed by atoms with E-state index in [2.05, 4.69) is 4.98 Å². The van der Waals surface area contributed by atoms with E-state index in [1.54, 1.807) is 42.1 Å². The average Bonchev–Trinajstić information content (AvgIpc) is 3.47. The fourth-order valence-corrected chi connectivity index (χ4v) is 5.72. The number of nitrogens with zero attached hydrogens (tertiary/aromatic N) is 3. The summed E-state index contributed by atoms with van der Waals surface area (Å²) in [6, 6.07) is 10.8. The molecule has 0 amide bonds. The first-order valence-electron chi connectivity index (χ1n) is 10.3. The summed E-state index contributed by atoms with van der Waals surface area (Å²) in [6.45, 7) is 1.14. The molecule has 0 aliphatic carbocycles. The third-order valence-electron chi connectivity index (χ3n) is 5.47. The number of hydrogen-bond donors (Lipinski definition) is 0. The number of ether oxygens (including phenoxy) is 2. The summed E-state index contributed by atoms with van der Waals surface area (Å²) in [4.78, 5) is 36.2. The van der Waals surface area contributed by atoms with Crippen molar-refractivity contribution in [1.82, 2.24) is 14.5 Å². The van der Waals surface area contributed by atoms with Crippen molar-refractivity contribution >= 4 is 49.3 Å². The molecule has 0 spiro atoms. The fraction of sp³-hybridized carbons (Fsp3) is 0.304. The summed E-state index contributed by atoms with van der Waals surface area (Å²) in [6.07, 6.45) is 3.59. The number of carbonyl (C=O) groups excluding carboxylic acids is 1. The van der Waals surface area contributed by atoms with Crippen LogP contribution in [0.25, 0.3) is 20.4 Å². The van der Waals surface area contributed by atoms with Crippen LogP contribution in [0.4, 0.5) is 0 Å². The highest BCUT2D eigenvalue weighted by Crippen LogP contribution is 2.31. The fourth-order valence-electron chi connectivity index (χ4n) is 3.79. The van der Waals surface area contributed by atoms with Gasteiger partial charge in [0.15, 0.2) is 10.9 Å². The van der Waals surface area contributed by atoms with Crippen LogP contribution < -0.4 is 10.3 Å². The van der Waals surface area contributed by atoms with Crippen molar-refractivity contribution in [2.24, 2.45) is 0 Å². The molecule has 0 saturated carbocycles. The maximum atomic E-state index is 13.4. The number of Topliss-reactive ketones (excluding diaryl/α,β-unsaturated/α-hetero) is 1. The zero-order valence-corrected chi connectivity index (χ0v) is 19.1. The minimum Gasteiger partial charge on any atom is -0.497 e. The quantitative estimate of drug-likeness (QED) is 0.229. The van der Waals surface area contributed by atoms with Crippen molar-refractivity contribution in [3.05, 3.63) is 58.5 Å². The second-order valence-electron chi connectivity index (χ2n) is 7.52. The summed E-state index contributed by atoms with van der Waals surface area (Å²) in [5, 5.41) is 1.39. The van der Waals surface area contributed by atoms with Crippen LogP contribution in [-0.2, 0) is 11.3 Å². The maximum absolute atomic E-state index is 13.4. The Morgan fingerprint density at radius 2 is 2.16 bits per heavy atom. The molecule has 1 aliphatic heterocycles. The van der Waals surface area contributed by atoms with Crippen molar-refractivity contribution in [2.75, 3.05) is 19.5 Å². The molecular weight excluding hydrogens is 446 g/mol. The van der Waals surface area contributed by atoms with E-state index in [9.17, 15) is 9.59 Å². The Kier molecular flexibility index (Phi) is 5.95. The van der Waals surface area contributed by atoms with E-state index in [1.165, 1.54) is 23.1 Å². The monoisotopic (exact) mass is 467 g/mol. The zero-order valence-electron chi connectivity index (χ0n) is 17.4. The molecule has 0 bridgehead atoms. The van der Waals surface area contributed by atoms with E-state index < -0.39 is 0 Å². The first-order valence-corrected chi connectivity index (χ1v) is 12.1. The van der Waals surface area contributed by atoms with E-state index in [0.717, 1.165) is 23.1 Å². The van der Waals surface area contributed by atoms with Crippen molar-refractivity contribution in [2.45, 2.75) is 30.6 Å². The molecule has 0 unspecified atom stereocenters. The van der Waals surface area contributed by atoms with Crippen LogP contribution in [0, 0.1) is 0 Å². The first-order chi connectivity index (χ1) is 15.6. The summed E-state index contributed by atoms with van der Waals surface area (Å²) in [5.41, 5.74) is 1.14. The second kappa shape index (κ2) is 9.01. The molecule has 7 nitrogen and oxygen atoms in total. The number of thiophene rings is 1. The van der Waals surface area contributed by atoms with Gasteiger partial charge in [-0.05, 0) is 49.2 Å². The Morgan fingerprint density at radius 3 is 2.91 bits per heavy atom. The van der Waals surface area contributed by atoms with Crippen molar-refractivity contribution in [3.63, 3.8) is 0 Å². The summed E-state index contributed by atoms with van der Waals surface area (Å²) in [5.74, 6) is 0.841. The Labute approximate surface area is 192 Å². The van der Waals surface area contributed by atoms with Gasteiger partial charge in [0.2, 0.25) is 0 Å². The van der Waals surface area contributed by atoms with Gasteiger partial charge >= 0.3 is 0 Å². The van der Waals surface area contributed by atoms with E-state index in [-0.39, 0.29) is 23.2 Å². The van der Waals surface area contributed by atoms with Gasteiger partial charge in [0.25, 0.3) is 5.56 Å². The number of rotatable bonds is 7. The predicted octanol–water partition coefficient (Wildman–Crippen LogP) is 4.17. The number of ketones is 1. The lowest BCUT2D eigenvalue weighted by molar-refractivity contribution is 0.0938. The van der Waals surface area contributed by atoms with Crippen molar-refractivity contribution in [3.8, 4) is 5.75 Å². The van der Waals surface area contributed by atoms with Gasteiger partial charge in [-0.2, -0.15) is 0 Å². The zero-order chi connectivity index (χ0) is 22.1. The highest BCUT2D eigenvalue weighted by Gasteiger charge is 2.22. The number of thioether (sulfide) groups is 1. The molecular formula is C23H21N3O4S2. The molecule has 1 fully saturated rings. The number of aromatic nitrogens is 3. The van der Waals surface area contributed by atoms with Gasteiger partial charge < -0.3 is 9.47 Å². The Hall–Kier alpha value is -2.75. The van der Waals surface area contributed by atoms with Gasteiger partial charge in [-0.1, -0.05) is 11.8 Å². The molecule has 0 N–H and O–H groups in total. The number of fused-ring (bicyclic) bond motifs is 3. The third-order valence-corrected chi connectivity index (χ3v) is 7.54. The molecule has 9 heteroatoms. The number of methoxy groups -OCH3 is 1. The highest BCUT2D eigenvalue weighted by atomic mass is 32.2. The van der Waals surface area contributed by atoms with Crippen LogP contribution >= 0.6 is 23.1 Å². The summed E-state index contributed by atoms with van der Waals surface area (Å²) < 4.78 is 13.2. The second-order valence-corrected chi connectivity index (χ2v) is 9.46. The lowest BCUT2D eigenvalue weighted by atomic mass is 10.1. The normalized spacial score (nSPS) is 16.1. The van der Waals surface area contributed by atoms with E-state index in [4.69, 9.17) is 14.5 Å². The van der Waals surface area contributed by atoms with Crippen LogP contribution in [-0.4, -0.2) is 45.9 Å². The first kappa shape index (κ1) is 21.1. The standard InChI is InChI=1S/C23H21N3O4S2/c1-29-15-8-6-14(7-9-15)18(27)13-31-23-25-19-17-5-2-10-24-21(17)32-20(19)22(28)26(23)12-16-4-3-11-30-16/h2,5-10,16H,3-4,11-13H2,1H3/t16-/m0/s1. The number of hydrogen-bond acceptors (Lipinski definition) is 8. The maximum Gasteiger partial charge on any atom is 0.272 e. The molecule has 32 heavy (non-hydrogen) atoms. The lowest BCUT2D eigenvalue weighted by Crippen LogP contribution is -2.28. The summed E-state index contributed by atoms with van der Waals surface area (Å²) in [7, 11) is 1.59. The van der Waals surface area contributed by atoms with Gasteiger partial charge in [-0.15, -0.1) is 11.3 Å². The summed E-state index contributed by atoms with van der Waals surface area (Å²) >= 11 is 2.64. The van der Waals surface area contributed by atoms with Gasteiger partial charge in [-0.25, -0.2) is 9.97 Å². The number of benzene rings is 1. The molecule has 5 rings (SSSR count). The van der Waals surface area contributed by atoms with Gasteiger partial charge in [-0.3, -0.25) is 14.2 Å².